The standard InChI is InChI=1S/C33H46F6O4/c1-21-23(19-24(40)20-26(21)41)11-10-22-9-6-17-30(5)25(22)12-13-27(30)29(4,15-7-14-28(2,3)42)16-8-18-31(43,32(34,35)36)33(37,38)39/h10-11,24-27,40-43H,1,6-7,9,12-17,19-20H2,2-5H3/t24-,25?,26+,27-,29-,30+/m1/s1/i2D3,3D3. The summed E-state index contributed by atoms with van der Waals surface area (Å²) in [6.07, 6.45) is -8.20. The Hall–Kier alpha value is -1.80. The molecule has 3 aliphatic rings. The summed E-state index contributed by atoms with van der Waals surface area (Å²) < 4.78 is 127. The second kappa shape index (κ2) is 12.5. The first-order valence-electron chi connectivity index (χ1n) is 17.6. The van der Waals surface area contributed by atoms with E-state index in [1.807, 2.05) is 25.0 Å². The van der Waals surface area contributed by atoms with Crippen molar-refractivity contribution in [1.82, 2.24) is 0 Å². The number of aliphatic hydroxyl groups is 4. The van der Waals surface area contributed by atoms with Crippen molar-refractivity contribution in [2.24, 2.45) is 22.7 Å². The number of fused-ring (bicyclic) bond motifs is 1. The molecule has 0 bridgehead atoms. The van der Waals surface area contributed by atoms with Crippen molar-refractivity contribution < 1.29 is 55.0 Å². The smallest absolute Gasteiger partial charge is 0.393 e. The van der Waals surface area contributed by atoms with Crippen LogP contribution in [0.2, 0.25) is 0 Å². The maximum Gasteiger partial charge on any atom is 0.438 e. The molecule has 0 aromatic heterocycles. The fraction of sp³-hybridized carbons (Fsp3) is 0.758. The molecule has 3 rings (SSSR count). The third-order valence-electron chi connectivity index (χ3n) is 9.94. The van der Waals surface area contributed by atoms with Gasteiger partial charge in [-0.1, -0.05) is 50.5 Å². The largest absolute Gasteiger partial charge is 0.438 e. The molecule has 0 spiro atoms. The second-order valence-electron chi connectivity index (χ2n) is 13.2. The molecule has 0 aromatic rings. The van der Waals surface area contributed by atoms with Crippen LogP contribution < -0.4 is 0 Å². The van der Waals surface area contributed by atoms with E-state index in [2.05, 4.69) is 6.58 Å². The number of hydrogen-bond donors (Lipinski definition) is 4. The van der Waals surface area contributed by atoms with Crippen LogP contribution in [0.15, 0.2) is 35.5 Å². The van der Waals surface area contributed by atoms with E-state index in [1.165, 1.54) is 0 Å². The van der Waals surface area contributed by atoms with E-state index in [9.17, 15) is 46.8 Å². The summed E-state index contributed by atoms with van der Waals surface area (Å²) in [6.45, 7) is 0.891. The number of halogens is 6. The number of rotatable bonds is 7. The highest BCUT2D eigenvalue weighted by Gasteiger charge is 2.70. The molecular formula is C33H46F6O4. The molecule has 0 saturated heterocycles. The van der Waals surface area contributed by atoms with Gasteiger partial charge in [0.15, 0.2) is 0 Å². The van der Waals surface area contributed by atoms with Crippen LogP contribution in [0, 0.1) is 34.5 Å². The molecule has 0 aromatic carbocycles. The molecule has 0 aliphatic heterocycles. The molecule has 244 valence electrons. The maximum absolute atomic E-state index is 13.4. The quantitative estimate of drug-likeness (QED) is 0.176. The summed E-state index contributed by atoms with van der Waals surface area (Å²) in [5.74, 6) is 2.54. The Morgan fingerprint density at radius 1 is 1.05 bits per heavy atom. The zero-order valence-corrected chi connectivity index (χ0v) is 24.5. The predicted molar refractivity (Wildman–Crippen MR) is 152 cm³/mol. The first-order valence-corrected chi connectivity index (χ1v) is 14.6. The topological polar surface area (TPSA) is 80.9 Å². The van der Waals surface area contributed by atoms with Crippen molar-refractivity contribution in [2.45, 2.75) is 134 Å². The first-order chi connectivity index (χ1) is 22.0. The van der Waals surface area contributed by atoms with Gasteiger partial charge in [0.2, 0.25) is 0 Å². The molecule has 4 nitrogen and oxygen atoms in total. The van der Waals surface area contributed by atoms with E-state index in [1.54, 1.807) is 6.92 Å². The van der Waals surface area contributed by atoms with Gasteiger partial charge in [-0.3, -0.25) is 0 Å². The van der Waals surface area contributed by atoms with Gasteiger partial charge in [-0.25, -0.2) is 0 Å². The van der Waals surface area contributed by atoms with Gasteiger partial charge < -0.3 is 20.4 Å². The molecule has 4 N–H and O–H groups in total. The minimum atomic E-state index is -6.15. The van der Waals surface area contributed by atoms with Crippen molar-refractivity contribution in [3.63, 3.8) is 0 Å². The van der Waals surface area contributed by atoms with E-state index in [0.717, 1.165) is 11.5 Å². The Kier molecular flexibility index (Phi) is 8.02. The lowest BCUT2D eigenvalue weighted by Gasteiger charge is -2.49. The van der Waals surface area contributed by atoms with Gasteiger partial charge >= 0.3 is 18.0 Å². The minimum absolute atomic E-state index is 0.0638. The molecule has 6 atom stereocenters. The summed E-state index contributed by atoms with van der Waals surface area (Å²) in [5.41, 5.74) is -7.89. The molecule has 0 amide bonds. The van der Waals surface area contributed by atoms with E-state index in [0.29, 0.717) is 49.7 Å². The summed E-state index contributed by atoms with van der Waals surface area (Å²) in [4.78, 5) is 0. The van der Waals surface area contributed by atoms with Crippen LogP contribution in [0.4, 0.5) is 26.3 Å². The Morgan fingerprint density at radius 3 is 2.30 bits per heavy atom. The van der Waals surface area contributed by atoms with Gasteiger partial charge in [-0.05, 0) is 105 Å². The van der Waals surface area contributed by atoms with Crippen LogP contribution in [-0.4, -0.2) is 56.2 Å². The number of alkyl halides is 6. The molecule has 43 heavy (non-hydrogen) atoms. The van der Waals surface area contributed by atoms with Crippen LogP contribution >= 0.6 is 0 Å². The van der Waals surface area contributed by atoms with Crippen LogP contribution in [0.3, 0.4) is 0 Å². The predicted octanol–water partition coefficient (Wildman–Crippen LogP) is 7.32. The highest BCUT2D eigenvalue weighted by Crippen LogP contribution is 2.63. The van der Waals surface area contributed by atoms with Crippen molar-refractivity contribution in [2.75, 3.05) is 0 Å². The number of aliphatic hydroxyl groups excluding tert-OH is 2. The summed E-state index contributed by atoms with van der Waals surface area (Å²) in [6, 6.07) is 0. The van der Waals surface area contributed by atoms with Crippen molar-refractivity contribution >= 4 is 0 Å². The van der Waals surface area contributed by atoms with E-state index < -0.39 is 73.1 Å². The summed E-state index contributed by atoms with van der Waals surface area (Å²) in [5, 5.41) is 40.9. The third kappa shape index (κ3) is 7.71. The fourth-order valence-corrected chi connectivity index (χ4v) is 7.66. The highest BCUT2D eigenvalue weighted by atomic mass is 19.4. The van der Waals surface area contributed by atoms with Crippen molar-refractivity contribution in [3.8, 4) is 11.8 Å². The van der Waals surface area contributed by atoms with Crippen LogP contribution in [0.25, 0.3) is 0 Å². The molecule has 10 heteroatoms. The number of hydrogen-bond acceptors (Lipinski definition) is 4. The lowest BCUT2D eigenvalue weighted by Crippen LogP contribution is -2.55. The highest BCUT2D eigenvalue weighted by molar-refractivity contribution is 5.39. The van der Waals surface area contributed by atoms with E-state index >= 15 is 0 Å². The average Bonchev–Trinajstić information content (AvgIpc) is 3.29. The fourth-order valence-electron chi connectivity index (χ4n) is 7.66. The van der Waals surface area contributed by atoms with Gasteiger partial charge in [-0.15, -0.1) is 0 Å². The minimum Gasteiger partial charge on any atom is -0.393 e. The molecule has 3 aliphatic carbocycles. The molecular weight excluding hydrogens is 574 g/mol. The van der Waals surface area contributed by atoms with E-state index in [-0.39, 0.29) is 31.1 Å². The van der Waals surface area contributed by atoms with Gasteiger partial charge in [0, 0.05) is 21.1 Å². The summed E-state index contributed by atoms with van der Waals surface area (Å²) >= 11 is 0. The van der Waals surface area contributed by atoms with Crippen LogP contribution in [0.1, 0.15) is 106 Å². The monoisotopic (exact) mass is 626 g/mol. The van der Waals surface area contributed by atoms with Gasteiger partial charge in [-0.2, -0.15) is 26.3 Å². The Balaban J connectivity index is 2.03. The van der Waals surface area contributed by atoms with Crippen molar-refractivity contribution in [3.05, 3.63) is 35.5 Å². The molecule has 1 unspecified atom stereocenters. The first kappa shape index (κ1) is 27.5. The summed E-state index contributed by atoms with van der Waals surface area (Å²) in [7, 11) is 0. The lowest BCUT2D eigenvalue weighted by atomic mass is 9.55. The molecule has 0 heterocycles. The number of allylic oxidation sites excluding steroid dienone is 3. The van der Waals surface area contributed by atoms with Gasteiger partial charge in [0.05, 0.1) is 17.8 Å². The maximum atomic E-state index is 13.4. The zero-order chi connectivity index (χ0) is 37.6. The average molecular weight is 627 g/mol. The van der Waals surface area contributed by atoms with Gasteiger partial charge in [0.1, 0.15) is 0 Å². The Bertz CT molecular complexity index is 1330. The third-order valence-corrected chi connectivity index (χ3v) is 9.94. The lowest BCUT2D eigenvalue weighted by molar-refractivity contribution is -0.343. The zero-order valence-electron chi connectivity index (χ0n) is 30.5. The van der Waals surface area contributed by atoms with Crippen LogP contribution in [-0.2, 0) is 0 Å². The molecule has 0 radical (unpaired) electrons. The second-order valence-corrected chi connectivity index (χ2v) is 13.2. The SMILES string of the molecule is [2H]C([2H])([2H])C(O)(CCC[C@](C)(CC#CC(O)(C(F)(F)F)C(F)(F)F)[C@H]1CCC2C(=CC=C3C[C@@H](O)C[C@H](O)C3=C)CCC[C@@]21C)C([2H])([2H])[2H]. The molecule has 3 fully saturated rings. The van der Waals surface area contributed by atoms with Gasteiger partial charge in [0.25, 0.3) is 0 Å². The normalized spacial score (nSPS) is 35.0. The van der Waals surface area contributed by atoms with Crippen molar-refractivity contribution in [1.29, 1.82) is 0 Å². The van der Waals surface area contributed by atoms with Crippen LogP contribution in [0.5, 0.6) is 0 Å². The Morgan fingerprint density at radius 2 is 1.70 bits per heavy atom. The molecule has 3 saturated carbocycles. The Labute approximate surface area is 259 Å². The van der Waals surface area contributed by atoms with E-state index in [4.69, 9.17) is 8.22 Å².